The molecule has 0 saturated carbocycles. The van der Waals surface area contributed by atoms with Crippen LogP contribution >= 0.6 is 0 Å². The summed E-state index contributed by atoms with van der Waals surface area (Å²) in [6, 6.07) is 9.63. The zero-order valence-electron chi connectivity index (χ0n) is 10.8. The van der Waals surface area contributed by atoms with E-state index < -0.39 is 0 Å². The van der Waals surface area contributed by atoms with Gasteiger partial charge in [0.25, 0.3) is 0 Å². The van der Waals surface area contributed by atoms with E-state index in [0.717, 1.165) is 33.7 Å². The largest absolute Gasteiger partial charge is 0.442 e. The second-order valence-corrected chi connectivity index (χ2v) is 4.62. The van der Waals surface area contributed by atoms with Gasteiger partial charge in [0.2, 0.25) is 5.89 Å². The lowest BCUT2D eigenvalue weighted by Gasteiger charge is -2.06. The number of fused-ring (bicyclic) bond motifs is 1. The zero-order valence-corrected chi connectivity index (χ0v) is 10.8. The van der Waals surface area contributed by atoms with Crippen molar-refractivity contribution in [1.82, 2.24) is 10.2 Å². The lowest BCUT2D eigenvalue weighted by atomic mass is 10.0. The monoisotopic (exact) mass is 254 g/mol. The summed E-state index contributed by atoms with van der Waals surface area (Å²) in [5.74, 6) is 1.39. The second-order valence-electron chi connectivity index (χ2n) is 4.62. The van der Waals surface area contributed by atoms with Crippen LogP contribution in [0.5, 0.6) is 0 Å². The van der Waals surface area contributed by atoms with Crippen molar-refractivity contribution in [3.8, 4) is 22.7 Å². The van der Waals surface area contributed by atoms with Crippen LogP contribution in [0.25, 0.3) is 22.7 Å². The molecule has 1 aromatic rings. The maximum Gasteiger partial charge on any atom is 0.248 e. The Bertz CT molecular complexity index is 686. The number of benzene rings is 1. The van der Waals surface area contributed by atoms with Crippen LogP contribution < -0.4 is 0 Å². The van der Waals surface area contributed by atoms with Crippen LogP contribution in [0.15, 0.2) is 34.7 Å². The van der Waals surface area contributed by atoms with Crippen LogP contribution in [0.1, 0.15) is 16.9 Å². The minimum absolute atomic E-state index is 0.0429. The molecule has 96 valence electrons. The summed E-state index contributed by atoms with van der Waals surface area (Å²) < 4.78 is 5.58. The maximum atomic E-state index is 9.06. The predicted octanol–water partition coefficient (Wildman–Crippen LogP) is 2.95. The number of aliphatic hydroxyl groups excluding tert-OH is 1. The van der Waals surface area contributed by atoms with Crippen molar-refractivity contribution in [1.29, 1.82) is 0 Å². The first kappa shape index (κ1) is 11.9. The average Bonchev–Trinajstić information content (AvgIpc) is 2.83. The molecule has 0 spiro atoms. The van der Waals surface area contributed by atoms with Gasteiger partial charge in [-0.25, -0.2) is 0 Å². The normalized spacial score (nSPS) is 11.1. The molecule has 2 aliphatic rings. The lowest BCUT2D eigenvalue weighted by molar-refractivity contribution is 0.282. The number of aromatic nitrogens is 2. The number of hydrogen-bond donors (Lipinski definition) is 1. The number of nitrogens with zero attached hydrogens (tertiary/aromatic N) is 2. The Hall–Kier alpha value is -2.20. The van der Waals surface area contributed by atoms with Gasteiger partial charge in [-0.05, 0) is 31.0 Å². The third-order valence-electron chi connectivity index (χ3n) is 3.17. The first-order valence-corrected chi connectivity index (χ1v) is 6.12. The van der Waals surface area contributed by atoms with Gasteiger partial charge in [-0.2, -0.15) is 0 Å². The third-order valence-corrected chi connectivity index (χ3v) is 3.17. The predicted molar refractivity (Wildman–Crippen MR) is 71.8 cm³/mol. The molecular weight excluding hydrogens is 240 g/mol. The van der Waals surface area contributed by atoms with Crippen LogP contribution in [-0.2, 0) is 6.61 Å². The molecule has 0 aromatic heterocycles. The summed E-state index contributed by atoms with van der Waals surface area (Å²) in [4.78, 5) is 0. The van der Waals surface area contributed by atoms with E-state index in [1.807, 2.05) is 44.2 Å². The van der Waals surface area contributed by atoms with Crippen molar-refractivity contribution in [3.63, 3.8) is 0 Å². The fourth-order valence-corrected chi connectivity index (χ4v) is 2.25. The van der Waals surface area contributed by atoms with Crippen LogP contribution in [0.3, 0.4) is 0 Å². The summed E-state index contributed by atoms with van der Waals surface area (Å²) in [6.07, 6.45) is 0. The Balaban J connectivity index is 2.15. The Morgan fingerprint density at radius 1 is 1.11 bits per heavy atom. The minimum Gasteiger partial charge on any atom is -0.442 e. The summed E-state index contributed by atoms with van der Waals surface area (Å²) in [5, 5.41) is 17.4. The van der Waals surface area contributed by atoms with Gasteiger partial charge in [0.05, 0.1) is 12.2 Å². The van der Waals surface area contributed by atoms with E-state index in [0.29, 0.717) is 5.89 Å². The summed E-state index contributed by atoms with van der Waals surface area (Å²) >= 11 is 0. The van der Waals surface area contributed by atoms with Gasteiger partial charge in [-0.3, -0.25) is 0 Å². The van der Waals surface area contributed by atoms with Crippen LogP contribution in [0.4, 0.5) is 0 Å². The van der Waals surface area contributed by atoms with Gasteiger partial charge in [0.15, 0.2) is 0 Å². The Labute approximate surface area is 111 Å². The van der Waals surface area contributed by atoms with Crippen molar-refractivity contribution in [2.45, 2.75) is 20.5 Å². The zero-order chi connectivity index (χ0) is 13.4. The molecule has 3 rings (SSSR count). The lowest BCUT2D eigenvalue weighted by Crippen LogP contribution is -1.88. The molecule has 2 aliphatic heterocycles. The average molecular weight is 254 g/mol. The van der Waals surface area contributed by atoms with E-state index in [1.165, 1.54) is 0 Å². The standard InChI is InChI=1S/C15H14N2O2/c1-9-7-10(2)19-15-13(9)14(16-17-15)12-5-3-11(8-18)4-6-12/h3-7,18H,8H2,1-2H3. The number of aryl methyl sites for hydroxylation is 2. The molecule has 4 heteroatoms. The number of aliphatic hydroxyl groups is 1. The highest BCUT2D eigenvalue weighted by molar-refractivity contribution is 5.80. The first-order chi connectivity index (χ1) is 9.19. The van der Waals surface area contributed by atoms with Crippen molar-refractivity contribution in [2.75, 3.05) is 0 Å². The maximum absolute atomic E-state index is 9.06. The second kappa shape index (κ2) is 4.48. The van der Waals surface area contributed by atoms with E-state index in [2.05, 4.69) is 10.2 Å². The van der Waals surface area contributed by atoms with Crippen LogP contribution in [0.2, 0.25) is 0 Å². The van der Waals surface area contributed by atoms with Crippen LogP contribution in [-0.4, -0.2) is 15.3 Å². The van der Waals surface area contributed by atoms with Crippen molar-refractivity contribution < 1.29 is 9.52 Å². The third kappa shape index (κ3) is 2.00. The van der Waals surface area contributed by atoms with Gasteiger partial charge in [0, 0.05) is 5.56 Å². The molecular formula is C15H14N2O2. The molecule has 0 unspecified atom stereocenters. The molecule has 0 bridgehead atoms. The van der Waals surface area contributed by atoms with Gasteiger partial charge >= 0.3 is 0 Å². The molecule has 2 heterocycles. The van der Waals surface area contributed by atoms with E-state index in [9.17, 15) is 0 Å². The molecule has 0 aliphatic carbocycles. The van der Waals surface area contributed by atoms with E-state index in [1.54, 1.807) is 0 Å². The number of hydrogen-bond acceptors (Lipinski definition) is 4. The Morgan fingerprint density at radius 3 is 2.53 bits per heavy atom. The van der Waals surface area contributed by atoms with Crippen molar-refractivity contribution in [3.05, 3.63) is 47.2 Å². The molecule has 0 radical (unpaired) electrons. The summed E-state index contributed by atoms with van der Waals surface area (Å²) in [6.45, 7) is 3.97. The molecule has 4 nitrogen and oxygen atoms in total. The van der Waals surface area contributed by atoms with Gasteiger partial charge in [-0.15, -0.1) is 10.2 Å². The highest BCUT2D eigenvalue weighted by Crippen LogP contribution is 2.34. The topological polar surface area (TPSA) is 59.2 Å². The Kier molecular flexibility index (Phi) is 2.80. The van der Waals surface area contributed by atoms with Gasteiger partial charge in [0.1, 0.15) is 11.5 Å². The quantitative estimate of drug-likeness (QED) is 0.763. The molecule has 0 atom stereocenters. The molecule has 19 heavy (non-hydrogen) atoms. The molecule has 1 N–H and O–H groups in total. The number of rotatable bonds is 2. The van der Waals surface area contributed by atoms with Crippen molar-refractivity contribution >= 4 is 0 Å². The van der Waals surface area contributed by atoms with Gasteiger partial charge < -0.3 is 9.52 Å². The fraction of sp³-hybridized carbons (Fsp3) is 0.200. The summed E-state index contributed by atoms with van der Waals surface area (Å²) in [7, 11) is 0. The molecule has 0 saturated heterocycles. The highest BCUT2D eigenvalue weighted by Gasteiger charge is 2.20. The minimum atomic E-state index is 0.0429. The fourth-order valence-electron chi connectivity index (χ4n) is 2.25. The van der Waals surface area contributed by atoms with E-state index >= 15 is 0 Å². The van der Waals surface area contributed by atoms with Gasteiger partial charge in [-0.1, -0.05) is 24.3 Å². The molecule has 1 aromatic carbocycles. The van der Waals surface area contributed by atoms with Crippen LogP contribution in [0, 0.1) is 13.8 Å². The first-order valence-electron chi connectivity index (χ1n) is 6.12. The SMILES string of the molecule is Cc1cc(C)c2c(-c3ccc(CO)cc3)nnc-2o1. The van der Waals surface area contributed by atoms with E-state index in [-0.39, 0.29) is 6.61 Å². The molecule has 0 fully saturated rings. The smallest absolute Gasteiger partial charge is 0.248 e. The van der Waals surface area contributed by atoms with E-state index in [4.69, 9.17) is 9.52 Å². The summed E-state index contributed by atoms with van der Waals surface area (Å²) in [5.41, 5.74) is 4.72. The Morgan fingerprint density at radius 2 is 1.84 bits per heavy atom. The molecule has 0 amide bonds. The van der Waals surface area contributed by atoms with Crippen molar-refractivity contribution in [2.24, 2.45) is 0 Å². The highest BCUT2D eigenvalue weighted by atomic mass is 16.3.